The average molecular weight is 1010 g/mol. The largest absolute Gasteiger partial charge is 0.394 e. The zero-order chi connectivity index (χ0) is 51.6. The Kier molecular flexibility index (Phi) is 24.4. The molecule has 0 aromatic rings. The summed E-state index contributed by atoms with van der Waals surface area (Å²) in [6.07, 6.45) is -39.1. The Hall–Kier alpha value is -1.20. The van der Waals surface area contributed by atoms with E-state index in [4.69, 9.17) is 48.1 Å². The van der Waals surface area contributed by atoms with Crippen molar-refractivity contribution in [2.45, 2.75) is 185 Å². The lowest BCUT2D eigenvalue weighted by molar-refractivity contribution is -0.384. The number of rotatable bonds is 24. The van der Waals surface area contributed by atoms with E-state index < -0.39 is 211 Å². The first-order valence-corrected chi connectivity index (χ1v) is 21.7. The molecule has 68 heavy (non-hydrogen) atoms. The molecule has 0 aliphatic carbocycles. The van der Waals surface area contributed by atoms with Crippen molar-refractivity contribution in [2.75, 3.05) is 52.9 Å². The first-order valence-electron chi connectivity index (χ1n) is 21.7. The van der Waals surface area contributed by atoms with E-state index in [2.05, 4.69) is 0 Å². The summed E-state index contributed by atoms with van der Waals surface area (Å²) >= 11 is 0. The number of ether oxygens (including phenoxy) is 8. The van der Waals surface area contributed by atoms with Gasteiger partial charge in [0.1, 0.15) is 135 Å². The van der Waals surface area contributed by atoms with Crippen LogP contribution in [0.15, 0.2) is 0 Å². The molecule has 4 fully saturated rings. The predicted molar refractivity (Wildman–Crippen MR) is 213 cm³/mol. The Labute approximate surface area is 388 Å². The molecule has 30 heteroatoms. The van der Waals surface area contributed by atoms with Crippen molar-refractivity contribution in [3.8, 4) is 0 Å². The maximum absolute atomic E-state index is 10.6. The SMILES string of the molecule is CCC1OC(OC2(CO)OC(CC)C(O)C2O)C(O)C(O)C1O.OCC(O)C(O)C(O)C(O)COCC1OC(OC2(CO)OC(COCC(O)C(O)C(O)C(O)CO)C(O)C2O)C(O)C(O)C1O. The molecule has 4 saturated heterocycles. The molecule has 404 valence electrons. The van der Waals surface area contributed by atoms with Gasteiger partial charge in [-0.2, -0.15) is 0 Å². The molecular weight excluding hydrogens is 936 g/mol. The normalized spacial score (nSPS) is 42.4. The summed E-state index contributed by atoms with van der Waals surface area (Å²) in [5.41, 5.74) is 0. The monoisotopic (exact) mass is 1010 g/mol. The van der Waals surface area contributed by atoms with Crippen LogP contribution in [0.4, 0.5) is 0 Å². The molecule has 4 aliphatic rings. The van der Waals surface area contributed by atoms with Gasteiger partial charge in [-0.3, -0.25) is 0 Å². The Morgan fingerprint density at radius 3 is 1.12 bits per heavy atom. The van der Waals surface area contributed by atoms with Crippen LogP contribution in [0.3, 0.4) is 0 Å². The van der Waals surface area contributed by atoms with E-state index in [0.717, 1.165) is 0 Å². The Bertz CT molecular complexity index is 1430. The van der Waals surface area contributed by atoms with Crippen molar-refractivity contribution in [3.63, 3.8) is 0 Å². The van der Waals surface area contributed by atoms with E-state index in [9.17, 15) is 102 Å². The average Bonchev–Trinajstić information content (AvgIpc) is 3.73. The zero-order valence-corrected chi connectivity index (χ0v) is 37.0. The van der Waals surface area contributed by atoms with Crippen LogP contribution in [0.2, 0.25) is 0 Å². The van der Waals surface area contributed by atoms with Crippen molar-refractivity contribution < 1.29 is 150 Å². The Morgan fingerprint density at radius 2 is 0.750 bits per heavy atom. The second-order valence-corrected chi connectivity index (χ2v) is 16.9. The number of aliphatic hydroxyl groups is 22. The van der Waals surface area contributed by atoms with Crippen molar-refractivity contribution in [2.24, 2.45) is 0 Å². The topological polar surface area (TPSA) is 519 Å². The first kappa shape index (κ1) is 61.1. The van der Waals surface area contributed by atoms with E-state index in [-0.39, 0.29) is 0 Å². The number of hydrogen-bond acceptors (Lipinski definition) is 30. The van der Waals surface area contributed by atoms with Gasteiger partial charge in [0.15, 0.2) is 12.6 Å². The molecule has 0 bridgehead atoms. The van der Waals surface area contributed by atoms with Gasteiger partial charge in [0.25, 0.3) is 0 Å². The molecule has 4 heterocycles. The fraction of sp³-hybridized carbons (Fsp3) is 1.00. The molecule has 0 saturated carbocycles. The Morgan fingerprint density at radius 1 is 0.412 bits per heavy atom. The van der Waals surface area contributed by atoms with Gasteiger partial charge in [-0.15, -0.1) is 0 Å². The minimum atomic E-state index is -2.52. The van der Waals surface area contributed by atoms with Crippen molar-refractivity contribution in [1.82, 2.24) is 0 Å². The smallest absolute Gasteiger partial charge is 0.224 e. The highest BCUT2D eigenvalue weighted by molar-refractivity contribution is 5.00. The molecule has 26 atom stereocenters. The molecule has 0 amide bonds. The quantitative estimate of drug-likeness (QED) is 0.0427. The van der Waals surface area contributed by atoms with Crippen LogP contribution < -0.4 is 0 Å². The zero-order valence-electron chi connectivity index (χ0n) is 37.0. The second-order valence-electron chi connectivity index (χ2n) is 16.9. The lowest BCUT2D eigenvalue weighted by Gasteiger charge is -2.43. The summed E-state index contributed by atoms with van der Waals surface area (Å²) in [5.74, 6) is -4.50. The van der Waals surface area contributed by atoms with Crippen LogP contribution in [-0.4, -0.2) is 324 Å². The third-order valence-corrected chi connectivity index (χ3v) is 12.0. The molecule has 0 aromatic carbocycles. The van der Waals surface area contributed by atoms with Crippen LogP contribution in [-0.2, 0) is 37.9 Å². The van der Waals surface area contributed by atoms with E-state index in [1.807, 2.05) is 0 Å². The van der Waals surface area contributed by atoms with Gasteiger partial charge in [0, 0.05) is 0 Å². The first-order chi connectivity index (χ1) is 31.9. The van der Waals surface area contributed by atoms with Crippen LogP contribution in [0, 0.1) is 0 Å². The summed E-state index contributed by atoms with van der Waals surface area (Å²) < 4.78 is 42.9. The molecule has 4 aliphatic heterocycles. The van der Waals surface area contributed by atoms with E-state index >= 15 is 0 Å². The molecule has 0 spiro atoms. The minimum absolute atomic E-state index is 0.348. The summed E-state index contributed by atoms with van der Waals surface area (Å²) in [7, 11) is 0. The second kappa shape index (κ2) is 27.2. The van der Waals surface area contributed by atoms with Gasteiger partial charge in [0.05, 0.1) is 51.8 Å². The van der Waals surface area contributed by atoms with Crippen LogP contribution in [0.1, 0.15) is 26.7 Å². The third-order valence-electron chi connectivity index (χ3n) is 12.0. The highest BCUT2D eigenvalue weighted by atomic mass is 16.8. The lowest BCUT2D eigenvalue weighted by Crippen LogP contribution is -2.63. The summed E-state index contributed by atoms with van der Waals surface area (Å²) in [6, 6.07) is 0. The summed E-state index contributed by atoms with van der Waals surface area (Å²) in [6.45, 7) is -3.00. The van der Waals surface area contributed by atoms with Crippen molar-refractivity contribution in [3.05, 3.63) is 0 Å². The predicted octanol–water partition coefficient (Wildman–Crippen LogP) is -13.0. The van der Waals surface area contributed by atoms with E-state index in [1.165, 1.54) is 0 Å². The molecule has 22 N–H and O–H groups in total. The maximum atomic E-state index is 10.6. The minimum Gasteiger partial charge on any atom is -0.394 e. The van der Waals surface area contributed by atoms with Crippen LogP contribution >= 0.6 is 0 Å². The van der Waals surface area contributed by atoms with Gasteiger partial charge in [-0.05, 0) is 12.8 Å². The third kappa shape index (κ3) is 14.1. The van der Waals surface area contributed by atoms with E-state index in [0.29, 0.717) is 12.8 Å². The van der Waals surface area contributed by atoms with Crippen molar-refractivity contribution in [1.29, 1.82) is 0 Å². The van der Waals surface area contributed by atoms with Gasteiger partial charge in [0.2, 0.25) is 11.6 Å². The fourth-order valence-electron chi connectivity index (χ4n) is 7.54. The molecule has 30 nitrogen and oxygen atoms in total. The van der Waals surface area contributed by atoms with Gasteiger partial charge < -0.3 is 150 Å². The van der Waals surface area contributed by atoms with Gasteiger partial charge in [-0.25, -0.2) is 0 Å². The fourth-order valence-corrected chi connectivity index (χ4v) is 7.54. The van der Waals surface area contributed by atoms with Crippen molar-refractivity contribution >= 4 is 0 Å². The molecule has 0 aromatic heterocycles. The standard InChI is InChI=1S/C24H46O21.C14H26O9/c25-1-8(28)14(32)16(34)10(30)3-41-5-12-18(36)20(38)21(39)23(43-12)45-24(7-27)22(40)19(37)13(44-24)6-42-4-11(31)17(35)15(33)9(29)2-26;1-3-6-8(16)10(18)11(19)13(21-6)23-14(5-15)12(20)9(17)7(4-2)22-14/h8-23,25-40H,1-7H2;6-13,15-20H,3-5H2,1-2H3. The van der Waals surface area contributed by atoms with Crippen LogP contribution in [0.25, 0.3) is 0 Å². The lowest BCUT2D eigenvalue weighted by atomic mass is 9.97. The molecule has 4 rings (SSSR count). The molecular formula is C38H72O30. The van der Waals surface area contributed by atoms with Crippen LogP contribution in [0.5, 0.6) is 0 Å². The summed E-state index contributed by atoms with van der Waals surface area (Å²) in [4.78, 5) is 0. The maximum Gasteiger partial charge on any atom is 0.224 e. The van der Waals surface area contributed by atoms with Gasteiger partial charge >= 0.3 is 0 Å². The molecule has 0 radical (unpaired) electrons. The number of hydrogen-bond donors (Lipinski definition) is 22. The summed E-state index contributed by atoms with van der Waals surface area (Å²) in [5, 5.41) is 217. The van der Waals surface area contributed by atoms with E-state index in [1.54, 1.807) is 13.8 Å². The number of aliphatic hydroxyl groups excluding tert-OH is 22. The van der Waals surface area contributed by atoms with Gasteiger partial charge in [-0.1, -0.05) is 13.8 Å². The highest BCUT2D eigenvalue weighted by Crippen LogP contribution is 2.38. The Balaban J connectivity index is 0.000000443. The highest BCUT2D eigenvalue weighted by Gasteiger charge is 2.60. The molecule has 26 unspecified atom stereocenters.